The molecule has 0 aromatic heterocycles. The molecule has 0 fully saturated rings. The van der Waals surface area contributed by atoms with Crippen LogP contribution in [0.5, 0.6) is 0 Å². The molecule has 0 aliphatic rings. The Kier molecular flexibility index (Phi) is 8.34. The highest BCUT2D eigenvalue weighted by molar-refractivity contribution is 5.86. The number of carboxylic acid groups (broad SMARTS) is 4. The summed E-state index contributed by atoms with van der Waals surface area (Å²) in [6.45, 7) is 3.87. The molecule has 0 aliphatic carbocycles. The van der Waals surface area contributed by atoms with Crippen molar-refractivity contribution in [1.29, 1.82) is 0 Å². The molecular formula is C15H23NO11. The number of nitrogens with zero attached hydrogens (tertiary/aromatic N) is 1. The molecule has 2 atom stereocenters. The summed E-state index contributed by atoms with van der Waals surface area (Å²) in [6.07, 6.45) is -3.20. The molecule has 0 saturated heterocycles. The Hall–Kier alpha value is -2.73. The third kappa shape index (κ3) is 8.00. The molecule has 0 aliphatic heterocycles. The van der Waals surface area contributed by atoms with Gasteiger partial charge in [0.15, 0.2) is 0 Å². The normalized spacial score (nSPS) is 14.9. The lowest BCUT2D eigenvalue weighted by Gasteiger charge is -2.38. The standard InChI is InChI=1S/C15H23NO11/c1-14(2,3)27-11(21)4-5-16(8(12(22)23)6-9(17)18)15(26,13(24)25)7-10(19)20/h8,26H,4-7H2,1-3H3,(H,17,18)(H,19,20)(H,22,23)(H,24,25)/t8-,15?/m0/s1. The number of aliphatic hydroxyl groups is 1. The van der Waals surface area contributed by atoms with Crippen molar-refractivity contribution in [3.8, 4) is 0 Å². The van der Waals surface area contributed by atoms with Crippen molar-refractivity contribution >= 4 is 29.8 Å². The zero-order valence-corrected chi connectivity index (χ0v) is 15.0. The molecule has 0 amide bonds. The Bertz CT molecular complexity index is 609. The predicted molar refractivity (Wildman–Crippen MR) is 85.7 cm³/mol. The van der Waals surface area contributed by atoms with Gasteiger partial charge in [0.05, 0.1) is 19.3 Å². The quantitative estimate of drug-likeness (QED) is 0.216. The summed E-state index contributed by atoms with van der Waals surface area (Å²) >= 11 is 0. The van der Waals surface area contributed by atoms with E-state index in [1.54, 1.807) is 20.8 Å². The van der Waals surface area contributed by atoms with Crippen molar-refractivity contribution in [2.24, 2.45) is 0 Å². The van der Waals surface area contributed by atoms with Gasteiger partial charge < -0.3 is 30.3 Å². The van der Waals surface area contributed by atoms with Crippen LogP contribution in [0.15, 0.2) is 0 Å². The van der Waals surface area contributed by atoms with Crippen LogP contribution in [0.3, 0.4) is 0 Å². The average molecular weight is 393 g/mol. The van der Waals surface area contributed by atoms with E-state index in [-0.39, 0.29) is 4.90 Å². The maximum absolute atomic E-state index is 11.8. The van der Waals surface area contributed by atoms with E-state index in [1.807, 2.05) is 0 Å². The molecule has 0 bridgehead atoms. The first-order chi connectivity index (χ1) is 12.1. The van der Waals surface area contributed by atoms with Gasteiger partial charge >= 0.3 is 29.8 Å². The monoisotopic (exact) mass is 393 g/mol. The third-order valence-electron chi connectivity index (χ3n) is 3.22. The van der Waals surface area contributed by atoms with Crippen LogP contribution < -0.4 is 0 Å². The molecule has 0 heterocycles. The van der Waals surface area contributed by atoms with E-state index in [9.17, 15) is 39.3 Å². The second kappa shape index (κ2) is 9.28. The van der Waals surface area contributed by atoms with Gasteiger partial charge in [-0.2, -0.15) is 0 Å². The van der Waals surface area contributed by atoms with Crippen LogP contribution >= 0.6 is 0 Å². The topological polar surface area (TPSA) is 199 Å². The highest BCUT2D eigenvalue weighted by Gasteiger charge is 2.50. The predicted octanol–water partition coefficient (Wildman–Crippen LogP) is -0.804. The summed E-state index contributed by atoms with van der Waals surface area (Å²) in [6, 6.07) is -2.11. The number of hydrogen-bond acceptors (Lipinski definition) is 8. The smallest absolute Gasteiger partial charge is 0.352 e. The van der Waals surface area contributed by atoms with Gasteiger partial charge in [-0.1, -0.05) is 0 Å². The van der Waals surface area contributed by atoms with E-state index < -0.39 is 73.0 Å². The fourth-order valence-electron chi connectivity index (χ4n) is 2.21. The van der Waals surface area contributed by atoms with Gasteiger partial charge in [-0.3, -0.25) is 24.1 Å². The maximum atomic E-state index is 11.8. The SMILES string of the molecule is CC(C)(C)OC(=O)CCN([C@@H](CC(=O)O)C(=O)O)C(O)(CC(=O)O)C(=O)O. The zero-order chi connectivity index (χ0) is 21.6. The summed E-state index contributed by atoms with van der Waals surface area (Å²) < 4.78 is 4.99. The first kappa shape index (κ1) is 24.3. The number of esters is 1. The van der Waals surface area contributed by atoms with E-state index in [2.05, 4.69) is 0 Å². The minimum atomic E-state index is -3.26. The molecule has 27 heavy (non-hydrogen) atoms. The number of rotatable bonds is 11. The Labute approximate surface area is 154 Å². The van der Waals surface area contributed by atoms with Crippen LogP contribution in [-0.2, 0) is 28.7 Å². The Morgan fingerprint density at radius 3 is 1.81 bits per heavy atom. The molecule has 0 aromatic carbocycles. The number of hydrogen-bond donors (Lipinski definition) is 5. The van der Waals surface area contributed by atoms with Crippen LogP contribution in [0.1, 0.15) is 40.0 Å². The van der Waals surface area contributed by atoms with Crippen molar-refractivity contribution in [2.45, 2.75) is 57.4 Å². The lowest BCUT2D eigenvalue weighted by atomic mass is 10.0. The molecule has 154 valence electrons. The van der Waals surface area contributed by atoms with Gasteiger partial charge in [0.2, 0.25) is 5.72 Å². The maximum Gasteiger partial charge on any atom is 0.352 e. The lowest BCUT2D eigenvalue weighted by molar-refractivity contribution is -0.200. The van der Waals surface area contributed by atoms with Crippen molar-refractivity contribution in [1.82, 2.24) is 4.90 Å². The second-order valence-corrected chi connectivity index (χ2v) is 6.67. The van der Waals surface area contributed by atoms with Crippen molar-refractivity contribution in [2.75, 3.05) is 6.54 Å². The number of carbonyl (C=O) groups excluding carboxylic acids is 1. The first-order valence-corrected chi connectivity index (χ1v) is 7.71. The van der Waals surface area contributed by atoms with E-state index in [0.717, 1.165) is 0 Å². The van der Waals surface area contributed by atoms with Crippen LogP contribution in [-0.4, -0.2) is 84.2 Å². The van der Waals surface area contributed by atoms with Gasteiger partial charge in [0, 0.05) is 6.54 Å². The summed E-state index contributed by atoms with van der Waals surface area (Å²) in [4.78, 5) is 56.9. The van der Waals surface area contributed by atoms with Gasteiger partial charge in [0.1, 0.15) is 11.6 Å². The van der Waals surface area contributed by atoms with E-state index in [1.165, 1.54) is 0 Å². The van der Waals surface area contributed by atoms with Crippen LogP contribution in [0.2, 0.25) is 0 Å². The molecular weight excluding hydrogens is 370 g/mol. The lowest BCUT2D eigenvalue weighted by Crippen LogP contribution is -2.62. The number of carboxylic acids is 4. The van der Waals surface area contributed by atoms with Crippen LogP contribution in [0, 0.1) is 0 Å². The third-order valence-corrected chi connectivity index (χ3v) is 3.22. The van der Waals surface area contributed by atoms with Gasteiger partial charge in [-0.25, -0.2) is 4.79 Å². The summed E-state index contributed by atoms with van der Waals surface area (Å²) in [5.41, 5.74) is -4.16. The molecule has 0 radical (unpaired) electrons. The summed E-state index contributed by atoms with van der Waals surface area (Å²) in [7, 11) is 0. The largest absolute Gasteiger partial charge is 0.481 e. The number of ether oxygens (including phenoxy) is 1. The summed E-state index contributed by atoms with van der Waals surface area (Å²) in [5, 5.41) is 46.6. The fraction of sp³-hybridized carbons (Fsp3) is 0.667. The molecule has 12 nitrogen and oxygen atoms in total. The number of aliphatic carboxylic acids is 4. The zero-order valence-electron chi connectivity index (χ0n) is 15.0. The minimum Gasteiger partial charge on any atom is -0.481 e. The van der Waals surface area contributed by atoms with E-state index in [0.29, 0.717) is 0 Å². The van der Waals surface area contributed by atoms with Gasteiger partial charge in [-0.05, 0) is 20.8 Å². The average Bonchev–Trinajstić information content (AvgIpc) is 2.42. The van der Waals surface area contributed by atoms with Crippen LogP contribution in [0.4, 0.5) is 0 Å². The molecule has 5 N–H and O–H groups in total. The van der Waals surface area contributed by atoms with E-state index in [4.69, 9.17) is 14.9 Å². The molecule has 1 unspecified atom stereocenters. The Morgan fingerprint density at radius 2 is 1.48 bits per heavy atom. The van der Waals surface area contributed by atoms with Gasteiger partial charge in [-0.15, -0.1) is 0 Å². The Balaban J connectivity index is 5.87. The van der Waals surface area contributed by atoms with E-state index >= 15 is 0 Å². The molecule has 0 rings (SSSR count). The molecule has 0 spiro atoms. The molecule has 0 aromatic rings. The fourth-order valence-corrected chi connectivity index (χ4v) is 2.21. The highest BCUT2D eigenvalue weighted by atomic mass is 16.6. The van der Waals surface area contributed by atoms with Crippen molar-refractivity contribution in [3.05, 3.63) is 0 Å². The number of carbonyl (C=O) groups is 5. The highest BCUT2D eigenvalue weighted by Crippen LogP contribution is 2.24. The van der Waals surface area contributed by atoms with Gasteiger partial charge in [0.25, 0.3) is 0 Å². The second-order valence-electron chi connectivity index (χ2n) is 6.67. The van der Waals surface area contributed by atoms with Crippen LogP contribution in [0.25, 0.3) is 0 Å². The van der Waals surface area contributed by atoms with Crippen molar-refractivity contribution < 1.29 is 54.2 Å². The first-order valence-electron chi connectivity index (χ1n) is 7.71. The molecule has 0 saturated carbocycles. The van der Waals surface area contributed by atoms with Crippen molar-refractivity contribution in [3.63, 3.8) is 0 Å². The molecule has 12 heteroatoms. The summed E-state index contributed by atoms with van der Waals surface area (Å²) in [5.74, 6) is -8.21. The minimum absolute atomic E-state index is 0.254. The Morgan fingerprint density at radius 1 is 0.963 bits per heavy atom.